The van der Waals surface area contributed by atoms with Crippen molar-refractivity contribution in [3.05, 3.63) is 104 Å². The van der Waals surface area contributed by atoms with Crippen molar-refractivity contribution in [3.63, 3.8) is 0 Å². The van der Waals surface area contributed by atoms with Gasteiger partial charge in [0.2, 0.25) is 11.6 Å². The number of aryl methyl sites for hydroxylation is 2. The Hall–Kier alpha value is -3.36. The number of halogens is 1. The normalized spacial score (nSPS) is 11.2. The summed E-state index contributed by atoms with van der Waals surface area (Å²) in [6.07, 6.45) is 0. The minimum atomic E-state index is -0.560. The Balaban J connectivity index is 2.01. The van der Waals surface area contributed by atoms with Gasteiger partial charge < -0.3 is 5.11 Å². The van der Waals surface area contributed by atoms with Crippen LogP contribution in [-0.2, 0) is 0 Å². The summed E-state index contributed by atoms with van der Waals surface area (Å²) in [4.78, 5) is 13.4. The highest BCUT2D eigenvalue weighted by Crippen LogP contribution is 2.30. The second-order valence-corrected chi connectivity index (χ2v) is 8.51. The summed E-state index contributed by atoms with van der Waals surface area (Å²) < 4.78 is 3.75. The molecule has 0 bridgehead atoms. The first-order chi connectivity index (χ1) is 15.4. The first kappa shape index (κ1) is 21.9. The highest BCUT2D eigenvalue weighted by molar-refractivity contribution is 9.10. The van der Waals surface area contributed by atoms with Gasteiger partial charge in [-0.25, -0.2) is 0 Å². The lowest BCUT2D eigenvalue weighted by Crippen LogP contribution is -2.23. The molecule has 3 aromatic carbocycles. The first-order valence-electron chi connectivity index (χ1n) is 9.78. The molecule has 0 amide bonds. The van der Waals surface area contributed by atoms with Gasteiger partial charge in [0.25, 0.3) is 5.56 Å². The predicted octanol–water partition coefficient (Wildman–Crippen LogP) is 6.86. The van der Waals surface area contributed by atoms with Crippen LogP contribution in [0.5, 0.6) is 5.88 Å². The second-order valence-electron chi connectivity index (χ2n) is 7.23. The maximum atomic E-state index is 13.4. The fraction of sp³-hybridized carbons (Fsp3) is 0.0833. The molecule has 1 heterocycles. The molecule has 0 aliphatic carbocycles. The fourth-order valence-electron chi connectivity index (χ4n) is 3.20. The summed E-state index contributed by atoms with van der Waals surface area (Å²) in [5.74, 6) is -0.366. The molecule has 0 aliphatic rings. The van der Waals surface area contributed by atoms with Crippen LogP contribution in [0.4, 0.5) is 11.4 Å². The topological polar surface area (TPSA) is 71.9 Å². The number of rotatable bonds is 4. The SMILES string of the molecule is Cc1ccc(-n2c(O)c(N=Nc3ccccc3C)c(=O)n(-c3ccc(Br)cc3)c2=S)cc1. The quantitative estimate of drug-likeness (QED) is 0.242. The molecule has 4 aromatic rings. The third kappa shape index (κ3) is 4.19. The molecule has 32 heavy (non-hydrogen) atoms. The largest absolute Gasteiger partial charge is 0.492 e. The summed E-state index contributed by atoms with van der Waals surface area (Å²) in [5.41, 5.74) is 2.95. The molecule has 0 unspecified atom stereocenters. The number of azo groups is 1. The van der Waals surface area contributed by atoms with Gasteiger partial charge >= 0.3 is 0 Å². The van der Waals surface area contributed by atoms with E-state index in [1.54, 1.807) is 18.2 Å². The molecule has 0 aliphatic heterocycles. The van der Waals surface area contributed by atoms with E-state index in [2.05, 4.69) is 26.2 Å². The van der Waals surface area contributed by atoms with Gasteiger partial charge in [0.1, 0.15) is 0 Å². The van der Waals surface area contributed by atoms with Crippen molar-refractivity contribution in [3.8, 4) is 17.3 Å². The lowest BCUT2D eigenvalue weighted by atomic mass is 10.2. The maximum absolute atomic E-state index is 13.4. The third-order valence-corrected chi connectivity index (χ3v) is 5.86. The van der Waals surface area contributed by atoms with Crippen LogP contribution in [0.2, 0.25) is 0 Å². The molecule has 0 fully saturated rings. The second kappa shape index (κ2) is 9.02. The van der Waals surface area contributed by atoms with E-state index in [0.29, 0.717) is 17.1 Å². The van der Waals surface area contributed by atoms with Crippen molar-refractivity contribution in [2.75, 3.05) is 0 Å². The van der Waals surface area contributed by atoms with E-state index >= 15 is 0 Å². The molecule has 4 rings (SSSR count). The molecule has 6 nitrogen and oxygen atoms in total. The monoisotopic (exact) mass is 506 g/mol. The average Bonchev–Trinajstić information content (AvgIpc) is 2.77. The van der Waals surface area contributed by atoms with E-state index in [1.807, 2.05) is 68.4 Å². The van der Waals surface area contributed by atoms with Crippen molar-refractivity contribution >= 4 is 39.5 Å². The number of nitrogens with zero attached hydrogens (tertiary/aromatic N) is 4. The van der Waals surface area contributed by atoms with Gasteiger partial charge in [0, 0.05) is 4.47 Å². The summed E-state index contributed by atoms with van der Waals surface area (Å²) >= 11 is 9.04. The molecular weight excluding hydrogens is 488 g/mol. The van der Waals surface area contributed by atoms with Gasteiger partial charge in [0.15, 0.2) is 4.77 Å². The van der Waals surface area contributed by atoms with E-state index in [-0.39, 0.29) is 16.3 Å². The lowest BCUT2D eigenvalue weighted by Gasteiger charge is -2.16. The Labute approximate surface area is 198 Å². The molecule has 0 saturated carbocycles. The van der Waals surface area contributed by atoms with Gasteiger partial charge in [-0.05, 0) is 74.1 Å². The first-order valence-corrected chi connectivity index (χ1v) is 11.0. The number of hydrogen-bond acceptors (Lipinski definition) is 5. The lowest BCUT2D eigenvalue weighted by molar-refractivity contribution is 0.432. The van der Waals surface area contributed by atoms with Crippen LogP contribution in [0.15, 0.2) is 92.3 Å². The van der Waals surface area contributed by atoms with E-state index in [1.165, 1.54) is 9.13 Å². The van der Waals surface area contributed by atoms with Crippen molar-refractivity contribution in [2.24, 2.45) is 10.2 Å². The number of hydrogen-bond donors (Lipinski definition) is 1. The van der Waals surface area contributed by atoms with Crippen molar-refractivity contribution in [2.45, 2.75) is 13.8 Å². The Morgan fingerprint density at radius 2 is 1.44 bits per heavy atom. The zero-order valence-electron chi connectivity index (χ0n) is 17.4. The van der Waals surface area contributed by atoms with Crippen LogP contribution in [0.3, 0.4) is 0 Å². The van der Waals surface area contributed by atoms with E-state index in [4.69, 9.17) is 12.2 Å². The fourth-order valence-corrected chi connectivity index (χ4v) is 3.84. The van der Waals surface area contributed by atoms with E-state index < -0.39 is 5.56 Å². The zero-order chi connectivity index (χ0) is 22.8. The molecule has 0 spiro atoms. The van der Waals surface area contributed by atoms with Crippen LogP contribution in [0.1, 0.15) is 11.1 Å². The Bertz CT molecular complexity index is 1440. The third-order valence-electron chi connectivity index (χ3n) is 4.96. The predicted molar refractivity (Wildman–Crippen MR) is 132 cm³/mol. The van der Waals surface area contributed by atoms with Crippen LogP contribution in [0.25, 0.3) is 11.4 Å². The minimum absolute atomic E-state index is 0.119. The highest BCUT2D eigenvalue weighted by Gasteiger charge is 2.19. The number of aromatic hydroxyl groups is 1. The summed E-state index contributed by atoms with van der Waals surface area (Å²) in [6, 6.07) is 22.0. The molecular formula is C24H19BrN4O2S. The summed E-state index contributed by atoms with van der Waals surface area (Å²) in [5, 5.41) is 19.4. The van der Waals surface area contributed by atoms with Gasteiger partial charge in [0.05, 0.1) is 17.1 Å². The smallest absolute Gasteiger partial charge is 0.290 e. The van der Waals surface area contributed by atoms with Crippen molar-refractivity contribution in [1.29, 1.82) is 0 Å². The Morgan fingerprint density at radius 3 is 2.09 bits per heavy atom. The standard InChI is InChI=1S/C24H19BrN4O2S/c1-15-7-11-18(12-8-15)28-22(30)21(27-26-20-6-4-3-5-16(20)2)23(31)29(24(28)32)19-13-9-17(25)10-14-19/h3-14,30H,1-2H3. The Kier molecular flexibility index (Phi) is 6.16. The number of benzene rings is 3. The zero-order valence-corrected chi connectivity index (χ0v) is 19.8. The summed E-state index contributed by atoms with van der Waals surface area (Å²) in [7, 11) is 0. The molecule has 1 aromatic heterocycles. The van der Waals surface area contributed by atoms with Gasteiger partial charge in [-0.3, -0.25) is 13.9 Å². The Morgan fingerprint density at radius 1 is 0.844 bits per heavy atom. The minimum Gasteiger partial charge on any atom is -0.492 e. The van der Waals surface area contributed by atoms with Crippen LogP contribution < -0.4 is 5.56 Å². The summed E-state index contributed by atoms with van der Waals surface area (Å²) in [6.45, 7) is 3.86. The van der Waals surface area contributed by atoms with Crippen LogP contribution in [0, 0.1) is 18.6 Å². The molecule has 160 valence electrons. The molecule has 0 atom stereocenters. The van der Waals surface area contributed by atoms with Gasteiger partial charge in [-0.2, -0.15) is 0 Å². The van der Waals surface area contributed by atoms with Gasteiger partial charge in [-0.1, -0.05) is 51.8 Å². The number of aromatic nitrogens is 2. The molecule has 8 heteroatoms. The van der Waals surface area contributed by atoms with Crippen LogP contribution in [-0.4, -0.2) is 14.2 Å². The van der Waals surface area contributed by atoms with Crippen LogP contribution >= 0.6 is 28.1 Å². The van der Waals surface area contributed by atoms with Gasteiger partial charge in [-0.15, -0.1) is 10.2 Å². The van der Waals surface area contributed by atoms with E-state index in [0.717, 1.165) is 15.6 Å². The molecule has 0 radical (unpaired) electrons. The van der Waals surface area contributed by atoms with Crippen molar-refractivity contribution < 1.29 is 5.11 Å². The average molecular weight is 507 g/mol. The van der Waals surface area contributed by atoms with Crippen molar-refractivity contribution in [1.82, 2.24) is 9.13 Å². The highest BCUT2D eigenvalue weighted by atomic mass is 79.9. The molecule has 1 N–H and O–H groups in total. The van der Waals surface area contributed by atoms with E-state index in [9.17, 15) is 9.90 Å². The maximum Gasteiger partial charge on any atom is 0.290 e. The molecule has 0 saturated heterocycles.